The Kier molecular flexibility index (Phi) is 6.06. The molecule has 0 atom stereocenters. The molecule has 1 aromatic rings. The Bertz CT molecular complexity index is 484. The second-order valence-electron chi connectivity index (χ2n) is 5.31. The van der Waals surface area contributed by atoms with E-state index in [0.717, 1.165) is 19.5 Å². The van der Waals surface area contributed by atoms with Crippen molar-refractivity contribution in [3.63, 3.8) is 0 Å². The molecule has 6 nitrogen and oxygen atoms in total. The van der Waals surface area contributed by atoms with E-state index in [9.17, 15) is 9.59 Å². The zero-order chi connectivity index (χ0) is 15.8. The van der Waals surface area contributed by atoms with E-state index < -0.39 is 0 Å². The van der Waals surface area contributed by atoms with Crippen molar-refractivity contribution in [2.75, 3.05) is 44.2 Å². The van der Waals surface area contributed by atoms with Gasteiger partial charge in [0, 0.05) is 38.4 Å². The number of nitrogens with one attached hydrogen (secondary N) is 2. The minimum absolute atomic E-state index is 0.0284. The van der Waals surface area contributed by atoms with Crippen LogP contribution in [-0.2, 0) is 4.79 Å². The second kappa shape index (κ2) is 8.26. The molecular formula is C16H24N4O2. The Morgan fingerprint density at radius 2 is 1.73 bits per heavy atom. The average Bonchev–Trinajstić information content (AvgIpc) is 2.58. The van der Waals surface area contributed by atoms with E-state index in [1.165, 1.54) is 5.69 Å². The summed E-state index contributed by atoms with van der Waals surface area (Å²) in [4.78, 5) is 27.6. The minimum atomic E-state index is -0.280. The molecule has 1 aromatic carbocycles. The fourth-order valence-electron chi connectivity index (χ4n) is 2.42. The van der Waals surface area contributed by atoms with Gasteiger partial charge in [0.25, 0.3) is 0 Å². The molecule has 0 radical (unpaired) electrons. The molecule has 1 saturated heterocycles. The molecule has 1 aliphatic rings. The lowest BCUT2D eigenvalue weighted by Crippen LogP contribution is -2.52. The van der Waals surface area contributed by atoms with Gasteiger partial charge in [-0.1, -0.05) is 25.1 Å². The first-order valence-corrected chi connectivity index (χ1v) is 7.80. The maximum absolute atomic E-state index is 12.1. The van der Waals surface area contributed by atoms with Crippen LogP contribution in [-0.4, -0.2) is 56.1 Å². The molecule has 0 unspecified atom stereocenters. The summed E-state index contributed by atoms with van der Waals surface area (Å²) in [5.41, 5.74) is 1.19. The monoisotopic (exact) mass is 304 g/mol. The lowest BCUT2D eigenvalue weighted by molar-refractivity contribution is -0.130. The van der Waals surface area contributed by atoms with Gasteiger partial charge in [-0.25, -0.2) is 4.79 Å². The van der Waals surface area contributed by atoms with Crippen LogP contribution in [0.2, 0.25) is 0 Å². The van der Waals surface area contributed by atoms with E-state index in [1.807, 2.05) is 25.1 Å². The number of benzene rings is 1. The fraction of sp³-hybridized carbons (Fsp3) is 0.500. The quantitative estimate of drug-likeness (QED) is 0.854. The highest BCUT2D eigenvalue weighted by molar-refractivity contribution is 5.84. The Labute approximate surface area is 131 Å². The van der Waals surface area contributed by atoms with Gasteiger partial charge in [-0.15, -0.1) is 0 Å². The maximum Gasteiger partial charge on any atom is 0.315 e. The van der Waals surface area contributed by atoms with Crippen molar-refractivity contribution in [1.82, 2.24) is 15.5 Å². The third-order valence-electron chi connectivity index (χ3n) is 3.69. The van der Waals surface area contributed by atoms with Crippen LogP contribution in [0.15, 0.2) is 30.3 Å². The van der Waals surface area contributed by atoms with Crippen molar-refractivity contribution in [1.29, 1.82) is 0 Å². The van der Waals surface area contributed by atoms with Gasteiger partial charge in [0.05, 0.1) is 6.54 Å². The topological polar surface area (TPSA) is 64.7 Å². The van der Waals surface area contributed by atoms with Gasteiger partial charge in [-0.2, -0.15) is 0 Å². The number of amides is 3. The molecule has 1 heterocycles. The van der Waals surface area contributed by atoms with Crippen molar-refractivity contribution >= 4 is 17.6 Å². The van der Waals surface area contributed by atoms with Gasteiger partial charge >= 0.3 is 6.03 Å². The highest BCUT2D eigenvalue weighted by Crippen LogP contribution is 2.15. The molecule has 0 spiro atoms. The predicted octanol–water partition coefficient (Wildman–Crippen LogP) is 1.04. The zero-order valence-corrected chi connectivity index (χ0v) is 13.0. The average molecular weight is 304 g/mol. The Hall–Kier alpha value is -2.24. The van der Waals surface area contributed by atoms with Gasteiger partial charge in [0.2, 0.25) is 5.91 Å². The van der Waals surface area contributed by atoms with E-state index in [4.69, 9.17) is 0 Å². The van der Waals surface area contributed by atoms with Crippen molar-refractivity contribution in [3.8, 4) is 0 Å². The molecule has 0 saturated carbocycles. The number of hydrogen-bond donors (Lipinski definition) is 2. The number of urea groups is 1. The molecule has 2 N–H and O–H groups in total. The summed E-state index contributed by atoms with van der Waals surface area (Å²) in [5.74, 6) is -0.0284. The van der Waals surface area contributed by atoms with Crippen LogP contribution < -0.4 is 15.5 Å². The zero-order valence-electron chi connectivity index (χ0n) is 13.0. The summed E-state index contributed by atoms with van der Waals surface area (Å²) < 4.78 is 0. The Balaban J connectivity index is 1.72. The Morgan fingerprint density at radius 3 is 2.36 bits per heavy atom. The first-order valence-electron chi connectivity index (χ1n) is 7.80. The molecule has 6 heteroatoms. The summed E-state index contributed by atoms with van der Waals surface area (Å²) in [6.07, 6.45) is 0.878. The number of para-hydroxylation sites is 1. The standard InChI is InChI=1S/C16H24N4O2/c1-2-8-17-16(22)18-13-15(21)20-11-9-19(10-12-20)14-6-4-3-5-7-14/h3-7H,2,8-13H2,1H3,(H2,17,18,22). The smallest absolute Gasteiger partial charge is 0.315 e. The molecule has 120 valence electrons. The van der Waals surface area contributed by atoms with E-state index in [1.54, 1.807) is 4.90 Å². The van der Waals surface area contributed by atoms with E-state index in [2.05, 4.69) is 27.7 Å². The molecule has 1 aliphatic heterocycles. The summed E-state index contributed by atoms with van der Waals surface area (Å²) in [7, 11) is 0. The van der Waals surface area contributed by atoms with Crippen LogP contribution in [0.4, 0.5) is 10.5 Å². The van der Waals surface area contributed by atoms with Gasteiger partial charge < -0.3 is 20.4 Å². The number of hydrogen-bond acceptors (Lipinski definition) is 3. The van der Waals surface area contributed by atoms with E-state index in [-0.39, 0.29) is 18.5 Å². The third-order valence-corrected chi connectivity index (χ3v) is 3.69. The van der Waals surface area contributed by atoms with Crippen LogP contribution in [0.5, 0.6) is 0 Å². The molecule has 3 amide bonds. The maximum atomic E-state index is 12.1. The van der Waals surface area contributed by atoms with Gasteiger partial charge in [-0.05, 0) is 18.6 Å². The van der Waals surface area contributed by atoms with Crippen LogP contribution >= 0.6 is 0 Å². The summed E-state index contributed by atoms with van der Waals surface area (Å²) >= 11 is 0. The van der Waals surface area contributed by atoms with Crippen molar-refractivity contribution in [3.05, 3.63) is 30.3 Å². The summed E-state index contributed by atoms with van der Waals surface area (Å²) in [5, 5.41) is 5.29. The largest absolute Gasteiger partial charge is 0.368 e. The third kappa shape index (κ3) is 4.65. The first-order chi connectivity index (χ1) is 10.7. The normalized spacial score (nSPS) is 14.6. The number of rotatable bonds is 5. The SMILES string of the molecule is CCCNC(=O)NCC(=O)N1CCN(c2ccccc2)CC1. The highest BCUT2D eigenvalue weighted by Gasteiger charge is 2.21. The number of nitrogens with zero attached hydrogens (tertiary/aromatic N) is 2. The lowest BCUT2D eigenvalue weighted by atomic mass is 10.2. The second-order valence-corrected chi connectivity index (χ2v) is 5.31. The molecular weight excluding hydrogens is 280 g/mol. The van der Waals surface area contributed by atoms with Crippen LogP contribution in [0, 0.1) is 0 Å². The number of carbonyl (C=O) groups excluding carboxylic acids is 2. The van der Waals surface area contributed by atoms with E-state index in [0.29, 0.717) is 19.6 Å². The van der Waals surface area contributed by atoms with Crippen LogP contribution in [0.1, 0.15) is 13.3 Å². The highest BCUT2D eigenvalue weighted by atomic mass is 16.2. The summed E-state index contributed by atoms with van der Waals surface area (Å²) in [6, 6.07) is 9.92. The summed E-state index contributed by atoms with van der Waals surface area (Å²) in [6.45, 7) is 5.67. The van der Waals surface area contributed by atoms with Crippen LogP contribution in [0.25, 0.3) is 0 Å². The predicted molar refractivity (Wildman–Crippen MR) is 86.9 cm³/mol. The number of carbonyl (C=O) groups is 2. The number of anilines is 1. The van der Waals surface area contributed by atoms with Crippen LogP contribution in [0.3, 0.4) is 0 Å². The minimum Gasteiger partial charge on any atom is -0.368 e. The van der Waals surface area contributed by atoms with E-state index >= 15 is 0 Å². The molecule has 2 rings (SSSR count). The van der Waals surface area contributed by atoms with Gasteiger partial charge in [0.1, 0.15) is 0 Å². The van der Waals surface area contributed by atoms with Gasteiger partial charge in [-0.3, -0.25) is 4.79 Å². The van der Waals surface area contributed by atoms with Gasteiger partial charge in [0.15, 0.2) is 0 Å². The first kappa shape index (κ1) is 16.1. The molecule has 1 fully saturated rings. The van der Waals surface area contributed by atoms with Crippen molar-refractivity contribution in [2.24, 2.45) is 0 Å². The Morgan fingerprint density at radius 1 is 1.05 bits per heavy atom. The molecule has 22 heavy (non-hydrogen) atoms. The fourth-order valence-corrected chi connectivity index (χ4v) is 2.42. The molecule has 0 aromatic heterocycles. The molecule has 0 aliphatic carbocycles. The number of piperazine rings is 1. The van der Waals surface area contributed by atoms with Crippen molar-refractivity contribution in [2.45, 2.75) is 13.3 Å². The molecule has 0 bridgehead atoms. The lowest BCUT2D eigenvalue weighted by Gasteiger charge is -2.36. The van der Waals surface area contributed by atoms with Crippen molar-refractivity contribution < 1.29 is 9.59 Å².